The number of hydrogen-bond acceptors (Lipinski definition) is 4. The predicted octanol–water partition coefficient (Wildman–Crippen LogP) is 0.0593. The number of urea groups is 1. The molecule has 0 bridgehead atoms. The van der Waals surface area contributed by atoms with Gasteiger partial charge in [-0.05, 0) is 19.8 Å². The van der Waals surface area contributed by atoms with Crippen molar-refractivity contribution in [2.45, 2.75) is 19.8 Å². The van der Waals surface area contributed by atoms with E-state index in [0.29, 0.717) is 19.7 Å². The highest BCUT2D eigenvalue weighted by molar-refractivity contribution is 5.84. The van der Waals surface area contributed by atoms with Crippen LogP contribution in [0.15, 0.2) is 0 Å². The van der Waals surface area contributed by atoms with Crippen LogP contribution in [-0.2, 0) is 14.3 Å². The second-order valence-electron chi connectivity index (χ2n) is 4.98. The number of esters is 1. The molecule has 0 aromatic heterocycles. The Morgan fingerprint density at radius 2 is 2.05 bits per heavy atom. The van der Waals surface area contributed by atoms with E-state index < -0.39 is 5.97 Å². The van der Waals surface area contributed by atoms with Crippen LogP contribution in [0.1, 0.15) is 19.8 Å². The summed E-state index contributed by atoms with van der Waals surface area (Å²) >= 11 is 0. The Labute approximate surface area is 119 Å². The van der Waals surface area contributed by atoms with Crippen molar-refractivity contribution >= 4 is 17.9 Å². The molecule has 20 heavy (non-hydrogen) atoms. The minimum absolute atomic E-state index is 0.0899. The zero-order valence-electron chi connectivity index (χ0n) is 12.3. The number of ether oxygens (including phenoxy) is 1. The summed E-state index contributed by atoms with van der Waals surface area (Å²) in [5.41, 5.74) is 0. The van der Waals surface area contributed by atoms with E-state index >= 15 is 0 Å². The summed E-state index contributed by atoms with van der Waals surface area (Å²) in [6.45, 7) is 2.95. The minimum Gasteiger partial charge on any atom is -0.465 e. The topological polar surface area (TPSA) is 79.0 Å². The lowest BCUT2D eigenvalue weighted by atomic mass is 9.97. The molecule has 0 saturated carbocycles. The number of carbonyl (C=O) groups excluding carboxylic acids is 3. The van der Waals surface area contributed by atoms with Crippen LogP contribution in [0.3, 0.4) is 0 Å². The molecule has 1 heterocycles. The molecule has 1 N–H and O–H groups in total. The van der Waals surface area contributed by atoms with Crippen LogP contribution in [-0.4, -0.2) is 68.0 Å². The van der Waals surface area contributed by atoms with Crippen LogP contribution in [0.25, 0.3) is 0 Å². The number of hydrogen-bond donors (Lipinski definition) is 1. The van der Waals surface area contributed by atoms with Gasteiger partial charge in [0.05, 0.1) is 12.5 Å². The molecule has 1 aliphatic heterocycles. The molecule has 1 aliphatic rings. The molecule has 1 fully saturated rings. The molecule has 1 unspecified atom stereocenters. The van der Waals surface area contributed by atoms with Gasteiger partial charge < -0.3 is 19.9 Å². The molecule has 1 rings (SSSR count). The second kappa shape index (κ2) is 7.72. The standard InChI is InChI=1S/C13H23N3O4/c1-4-20-11(17)8-14-12(18)10-6-5-7-16(9-10)13(19)15(2)3/h10H,4-9H2,1-3H3,(H,14,18). The largest absolute Gasteiger partial charge is 0.465 e. The molecule has 3 amide bonds. The van der Waals surface area contributed by atoms with E-state index in [2.05, 4.69) is 5.32 Å². The fourth-order valence-electron chi connectivity index (χ4n) is 2.16. The van der Waals surface area contributed by atoms with E-state index in [0.717, 1.165) is 12.8 Å². The summed E-state index contributed by atoms with van der Waals surface area (Å²) in [6.07, 6.45) is 1.52. The Hall–Kier alpha value is -1.79. The van der Waals surface area contributed by atoms with E-state index in [4.69, 9.17) is 4.74 Å². The molecule has 1 saturated heterocycles. The van der Waals surface area contributed by atoms with Crippen molar-refractivity contribution in [2.75, 3.05) is 40.3 Å². The third-order valence-corrected chi connectivity index (χ3v) is 3.16. The lowest BCUT2D eigenvalue weighted by molar-refractivity contribution is -0.144. The lowest BCUT2D eigenvalue weighted by Crippen LogP contribution is -2.49. The average molecular weight is 285 g/mol. The maximum absolute atomic E-state index is 12.0. The molecule has 1 atom stereocenters. The predicted molar refractivity (Wildman–Crippen MR) is 73.0 cm³/mol. The quantitative estimate of drug-likeness (QED) is 0.741. The van der Waals surface area contributed by atoms with Crippen LogP contribution < -0.4 is 5.32 Å². The number of carbonyl (C=O) groups is 3. The van der Waals surface area contributed by atoms with Gasteiger partial charge in [-0.25, -0.2) is 4.79 Å². The minimum atomic E-state index is -0.446. The van der Waals surface area contributed by atoms with Crippen molar-refractivity contribution in [3.8, 4) is 0 Å². The van der Waals surface area contributed by atoms with Crippen molar-refractivity contribution in [1.82, 2.24) is 15.1 Å². The average Bonchev–Trinajstić information content (AvgIpc) is 2.44. The van der Waals surface area contributed by atoms with Gasteiger partial charge in [-0.1, -0.05) is 0 Å². The highest BCUT2D eigenvalue weighted by Crippen LogP contribution is 2.17. The second-order valence-corrected chi connectivity index (χ2v) is 4.98. The van der Waals surface area contributed by atoms with E-state index in [1.54, 1.807) is 25.9 Å². The molecule has 7 nitrogen and oxygen atoms in total. The van der Waals surface area contributed by atoms with Gasteiger partial charge in [0.25, 0.3) is 0 Å². The highest BCUT2D eigenvalue weighted by atomic mass is 16.5. The lowest BCUT2D eigenvalue weighted by Gasteiger charge is -2.33. The molecule has 0 spiro atoms. The zero-order chi connectivity index (χ0) is 15.1. The van der Waals surface area contributed by atoms with Gasteiger partial charge in [0.1, 0.15) is 6.54 Å². The summed E-state index contributed by atoms with van der Waals surface area (Å²) in [4.78, 5) is 38.2. The first-order valence-corrected chi connectivity index (χ1v) is 6.85. The number of amides is 3. The number of piperidine rings is 1. The first-order chi connectivity index (χ1) is 9.45. The molecule has 0 aromatic carbocycles. The summed E-state index contributed by atoms with van der Waals surface area (Å²) in [7, 11) is 3.37. The summed E-state index contributed by atoms with van der Waals surface area (Å²) < 4.78 is 4.75. The molecule has 7 heteroatoms. The number of nitrogens with zero attached hydrogens (tertiary/aromatic N) is 2. The van der Waals surface area contributed by atoms with Crippen LogP contribution in [0.5, 0.6) is 0 Å². The normalized spacial score (nSPS) is 18.4. The monoisotopic (exact) mass is 285 g/mol. The van der Waals surface area contributed by atoms with E-state index in [1.165, 1.54) is 4.90 Å². The molecule has 114 valence electrons. The highest BCUT2D eigenvalue weighted by Gasteiger charge is 2.29. The van der Waals surface area contributed by atoms with Gasteiger partial charge in [-0.15, -0.1) is 0 Å². The van der Waals surface area contributed by atoms with Crippen LogP contribution >= 0.6 is 0 Å². The van der Waals surface area contributed by atoms with E-state index in [-0.39, 0.29) is 24.4 Å². The van der Waals surface area contributed by atoms with Gasteiger partial charge >= 0.3 is 12.0 Å². The van der Waals surface area contributed by atoms with Gasteiger partial charge in [-0.2, -0.15) is 0 Å². The van der Waals surface area contributed by atoms with E-state index in [9.17, 15) is 14.4 Å². The van der Waals surface area contributed by atoms with Crippen LogP contribution in [0.4, 0.5) is 4.79 Å². The van der Waals surface area contributed by atoms with Crippen LogP contribution in [0.2, 0.25) is 0 Å². The SMILES string of the molecule is CCOC(=O)CNC(=O)C1CCCN(C(=O)N(C)C)C1. The first-order valence-electron chi connectivity index (χ1n) is 6.85. The number of rotatable bonds is 4. The van der Waals surface area contributed by atoms with Crippen molar-refractivity contribution < 1.29 is 19.1 Å². The molecular formula is C13H23N3O4. The zero-order valence-corrected chi connectivity index (χ0v) is 12.3. The Kier molecular flexibility index (Phi) is 6.27. The molecule has 0 aromatic rings. The molecular weight excluding hydrogens is 262 g/mol. The Morgan fingerprint density at radius 3 is 2.65 bits per heavy atom. The smallest absolute Gasteiger partial charge is 0.325 e. The molecule has 0 aliphatic carbocycles. The van der Waals surface area contributed by atoms with Gasteiger partial charge in [-0.3, -0.25) is 9.59 Å². The molecule has 0 radical (unpaired) electrons. The fraction of sp³-hybridized carbons (Fsp3) is 0.769. The number of likely N-dealkylation sites (tertiary alicyclic amines) is 1. The maximum atomic E-state index is 12.0. The summed E-state index contributed by atoms with van der Waals surface area (Å²) in [5, 5.41) is 2.56. The van der Waals surface area contributed by atoms with E-state index in [1.807, 2.05) is 0 Å². The van der Waals surface area contributed by atoms with Crippen molar-refractivity contribution in [2.24, 2.45) is 5.92 Å². The third kappa shape index (κ3) is 4.71. The van der Waals surface area contributed by atoms with Gasteiger partial charge in [0.15, 0.2) is 0 Å². The maximum Gasteiger partial charge on any atom is 0.325 e. The van der Waals surface area contributed by atoms with Crippen molar-refractivity contribution in [3.05, 3.63) is 0 Å². The summed E-state index contributed by atoms with van der Waals surface area (Å²) in [5.74, 6) is -0.908. The van der Waals surface area contributed by atoms with Crippen LogP contribution in [0, 0.1) is 5.92 Å². The van der Waals surface area contributed by atoms with Crippen molar-refractivity contribution in [3.63, 3.8) is 0 Å². The number of nitrogens with one attached hydrogen (secondary N) is 1. The van der Waals surface area contributed by atoms with Gasteiger partial charge in [0.2, 0.25) is 5.91 Å². The Balaban J connectivity index is 2.44. The van der Waals surface area contributed by atoms with Gasteiger partial charge in [0, 0.05) is 27.2 Å². The first kappa shape index (κ1) is 16.3. The Morgan fingerprint density at radius 1 is 1.35 bits per heavy atom. The van der Waals surface area contributed by atoms with Crippen molar-refractivity contribution in [1.29, 1.82) is 0 Å². The third-order valence-electron chi connectivity index (χ3n) is 3.16. The summed E-state index contributed by atoms with van der Waals surface area (Å²) in [6, 6.07) is -0.0899. The Bertz CT molecular complexity index is 371. The fourth-order valence-corrected chi connectivity index (χ4v) is 2.16.